The van der Waals surface area contributed by atoms with Gasteiger partial charge in [0.2, 0.25) is 5.89 Å². The van der Waals surface area contributed by atoms with Crippen LogP contribution in [0.2, 0.25) is 0 Å². The standard InChI is InChI=1S/C13H18N4O3/c1-14-8-12-16-17-13(20-12)15-7-9-4-5-10(18-2)11(6-9)19-3/h4-6,14H,7-8H2,1-3H3,(H,15,17). The number of hydrogen-bond acceptors (Lipinski definition) is 7. The maximum Gasteiger partial charge on any atom is 0.315 e. The molecule has 0 aliphatic heterocycles. The molecule has 2 rings (SSSR count). The van der Waals surface area contributed by atoms with E-state index in [-0.39, 0.29) is 0 Å². The van der Waals surface area contributed by atoms with Crippen molar-refractivity contribution in [1.29, 1.82) is 0 Å². The highest BCUT2D eigenvalue weighted by atomic mass is 16.5. The summed E-state index contributed by atoms with van der Waals surface area (Å²) in [6.45, 7) is 1.10. The van der Waals surface area contributed by atoms with Crippen LogP contribution in [0, 0.1) is 0 Å². The van der Waals surface area contributed by atoms with Crippen molar-refractivity contribution in [2.75, 3.05) is 26.6 Å². The summed E-state index contributed by atoms with van der Waals surface area (Å²) in [6.07, 6.45) is 0. The molecule has 0 radical (unpaired) electrons. The van der Waals surface area contributed by atoms with E-state index in [1.165, 1.54) is 0 Å². The second-order valence-corrected chi connectivity index (χ2v) is 4.07. The van der Waals surface area contributed by atoms with Gasteiger partial charge in [-0.25, -0.2) is 0 Å². The number of methoxy groups -OCH3 is 2. The van der Waals surface area contributed by atoms with Gasteiger partial charge in [-0.3, -0.25) is 0 Å². The topological polar surface area (TPSA) is 81.4 Å². The van der Waals surface area contributed by atoms with E-state index in [0.717, 1.165) is 5.56 Å². The van der Waals surface area contributed by atoms with Crippen LogP contribution in [0.3, 0.4) is 0 Å². The lowest BCUT2D eigenvalue weighted by molar-refractivity contribution is 0.354. The van der Waals surface area contributed by atoms with E-state index in [9.17, 15) is 0 Å². The van der Waals surface area contributed by atoms with Gasteiger partial charge in [-0.15, -0.1) is 5.10 Å². The summed E-state index contributed by atoms with van der Waals surface area (Å²) in [5.74, 6) is 1.93. The highest BCUT2D eigenvalue weighted by Crippen LogP contribution is 2.27. The molecule has 0 aliphatic carbocycles. The molecule has 7 nitrogen and oxygen atoms in total. The first-order valence-corrected chi connectivity index (χ1v) is 6.18. The van der Waals surface area contributed by atoms with Crippen LogP contribution < -0.4 is 20.1 Å². The lowest BCUT2D eigenvalue weighted by Gasteiger charge is -2.09. The molecule has 1 aromatic carbocycles. The largest absolute Gasteiger partial charge is 0.493 e. The Morgan fingerprint density at radius 1 is 1.10 bits per heavy atom. The van der Waals surface area contributed by atoms with Crippen molar-refractivity contribution < 1.29 is 13.9 Å². The molecule has 0 atom stereocenters. The average Bonchev–Trinajstić information content (AvgIpc) is 2.93. The Morgan fingerprint density at radius 2 is 1.90 bits per heavy atom. The van der Waals surface area contributed by atoms with Gasteiger partial charge in [0, 0.05) is 6.54 Å². The van der Waals surface area contributed by atoms with Crippen molar-refractivity contribution in [2.24, 2.45) is 0 Å². The van der Waals surface area contributed by atoms with Crippen molar-refractivity contribution in [3.8, 4) is 11.5 Å². The number of benzene rings is 1. The van der Waals surface area contributed by atoms with E-state index in [4.69, 9.17) is 13.9 Å². The highest BCUT2D eigenvalue weighted by Gasteiger charge is 2.07. The van der Waals surface area contributed by atoms with E-state index in [0.29, 0.717) is 36.5 Å². The molecular formula is C13H18N4O3. The number of rotatable bonds is 7. The molecule has 2 N–H and O–H groups in total. The summed E-state index contributed by atoms with van der Waals surface area (Å²) in [5.41, 5.74) is 1.02. The predicted molar refractivity (Wildman–Crippen MR) is 73.9 cm³/mol. The molecule has 2 aromatic rings. The average molecular weight is 278 g/mol. The summed E-state index contributed by atoms with van der Waals surface area (Å²) < 4.78 is 15.8. The van der Waals surface area contributed by atoms with Crippen LogP contribution in [0.4, 0.5) is 6.01 Å². The van der Waals surface area contributed by atoms with Crippen LogP contribution >= 0.6 is 0 Å². The third-order valence-electron chi connectivity index (χ3n) is 2.69. The first-order valence-electron chi connectivity index (χ1n) is 6.18. The van der Waals surface area contributed by atoms with Crippen LogP contribution in [-0.4, -0.2) is 31.5 Å². The van der Waals surface area contributed by atoms with Crippen molar-refractivity contribution in [3.05, 3.63) is 29.7 Å². The third-order valence-corrected chi connectivity index (χ3v) is 2.69. The van der Waals surface area contributed by atoms with Gasteiger partial charge >= 0.3 is 6.01 Å². The zero-order valence-electron chi connectivity index (χ0n) is 11.8. The molecule has 0 bridgehead atoms. The predicted octanol–water partition coefficient (Wildman–Crippen LogP) is 1.42. The molecule has 0 fully saturated rings. The quantitative estimate of drug-likeness (QED) is 0.792. The molecule has 0 aliphatic rings. The molecule has 0 saturated heterocycles. The lowest BCUT2D eigenvalue weighted by Crippen LogP contribution is -2.04. The van der Waals surface area contributed by atoms with E-state index in [2.05, 4.69) is 20.8 Å². The molecule has 108 valence electrons. The molecule has 7 heteroatoms. The summed E-state index contributed by atoms with van der Waals surface area (Å²) in [6, 6.07) is 6.09. The SMILES string of the molecule is CNCc1nnc(NCc2ccc(OC)c(OC)c2)o1. The van der Waals surface area contributed by atoms with Gasteiger partial charge in [0.25, 0.3) is 0 Å². The van der Waals surface area contributed by atoms with Gasteiger partial charge in [0.05, 0.1) is 20.8 Å². The summed E-state index contributed by atoms with van der Waals surface area (Å²) in [5, 5.41) is 13.8. The van der Waals surface area contributed by atoms with E-state index < -0.39 is 0 Å². The lowest BCUT2D eigenvalue weighted by atomic mass is 10.2. The number of hydrogen-bond donors (Lipinski definition) is 2. The fourth-order valence-electron chi connectivity index (χ4n) is 1.72. The Kier molecular flexibility index (Phi) is 4.78. The fraction of sp³-hybridized carbons (Fsp3) is 0.385. The maximum atomic E-state index is 5.40. The van der Waals surface area contributed by atoms with Gasteiger partial charge in [0.15, 0.2) is 11.5 Å². The minimum Gasteiger partial charge on any atom is -0.493 e. The van der Waals surface area contributed by atoms with E-state index >= 15 is 0 Å². The summed E-state index contributed by atoms with van der Waals surface area (Å²) >= 11 is 0. The molecule has 0 amide bonds. The number of ether oxygens (including phenoxy) is 2. The minimum atomic E-state index is 0.394. The van der Waals surface area contributed by atoms with Crippen LogP contribution in [0.1, 0.15) is 11.5 Å². The maximum absolute atomic E-state index is 5.40. The van der Waals surface area contributed by atoms with Crippen LogP contribution in [-0.2, 0) is 13.1 Å². The molecular weight excluding hydrogens is 260 g/mol. The zero-order valence-corrected chi connectivity index (χ0v) is 11.8. The molecule has 0 saturated carbocycles. The van der Waals surface area contributed by atoms with Gasteiger partial charge in [-0.05, 0) is 24.7 Å². The molecule has 20 heavy (non-hydrogen) atoms. The number of nitrogens with one attached hydrogen (secondary N) is 2. The Bertz CT molecular complexity index is 556. The van der Waals surface area contributed by atoms with Gasteiger partial charge in [-0.1, -0.05) is 11.2 Å². The molecule has 1 aromatic heterocycles. The minimum absolute atomic E-state index is 0.394. The first kappa shape index (κ1) is 14.1. The highest BCUT2D eigenvalue weighted by molar-refractivity contribution is 5.43. The Labute approximate surface area is 117 Å². The third kappa shape index (κ3) is 3.39. The summed E-state index contributed by atoms with van der Waals surface area (Å²) in [7, 11) is 5.04. The van der Waals surface area contributed by atoms with Crippen LogP contribution in [0.5, 0.6) is 11.5 Å². The normalized spacial score (nSPS) is 10.3. The molecule has 1 heterocycles. The number of aromatic nitrogens is 2. The smallest absolute Gasteiger partial charge is 0.315 e. The molecule has 0 unspecified atom stereocenters. The zero-order chi connectivity index (χ0) is 14.4. The van der Waals surface area contributed by atoms with Crippen molar-refractivity contribution in [3.63, 3.8) is 0 Å². The van der Waals surface area contributed by atoms with Crippen LogP contribution in [0.15, 0.2) is 22.6 Å². The second-order valence-electron chi connectivity index (χ2n) is 4.07. The number of nitrogens with zero attached hydrogens (tertiary/aromatic N) is 2. The number of anilines is 1. The summed E-state index contributed by atoms with van der Waals surface area (Å²) in [4.78, 5) is 0. The van der Waals surface area contributed by atoms with Gasteiger partial charge in [-0.2, -0.15) is 0 Å². The van der Waals surface area contributed by atoms with Gasteiger partial charge < -0.3 is 24.5 Å². The van der Waals surface area contributed by atoms with Crippen molar-refractivity contribution in [1.82, 2.24) is 15.5 Å². The second kappa shape index (κ2) is 6.76. The van der Waals surface area contributed by atoms with Crippen LogP contribution in [0.25, 0.3) is 0 Å². The Balaban J connectivity index is 1.99. The first-order chi connectivity index (χ1) is 9.76. The Morgan fingerprint density at radius 3 is 2.60 bits per heavy atom. The Hall–Kier alpha value is -2.28. The molecule has 0 spiro atoms. The fourth-order valence-corrected chi connectivity index (χ4v) is 1.72. The van der Waals surface area contributed by atoms with E-state index in [1.807, 2.05) is 25.2 Å². The van der Waals surface area contributed by atoms with Gasteiger partial charge in [0.1, 0.15) is 0 Å². The van der Waals surface area contributed by atoms with Crippen molar-refractivity contribution >= 4 is 6.01 Å². The van der Waals surface area contributed by atoms with E-state index in [1.54, 1.807) is 14.2 Å². The monoisotopic (exact) mass is 278 g/mol. The van der Waals surface area contributed by atoms with Crippen molar-refractivity contribution in [2.45, 2.75) is 13.1 Å².